The first-order valence-electron chi connectivity index (χ1n) is 2.58. The average molecular weight is 256 g/mol. The highest BCUT2D eigenvalue weighted by Gasteiger charge is 2.07. The van der Waals surface area contributed by atoms with Crippen LogP contribution in [0.5, 0.6) is 0 Å². The summed E-state index contributed by atoms with van der Waals surface area (Å²) in [6.45, 7) is 0. The Morgan fingerprint density at radius 1 is 1.82 bits per heavy atom. The van der Waals surface area contributed by atoms with Gasteiger partial charge >= 0.3 is 0 Å². The average Bonchev–Trinajstić information content (AvgIpc) is 2.31. The molecule has 11 heavy (non-hydrogen) atoms. The molecule has 0 radical (unpaired) electrons. The number of hydrogen-bond donors (Lipinski definition) is 2. The van der Waals surface area contributed by atoms with Crippen LogP contribution in [0.4, 0.5) is 0 Å². The van der Waals surface area contributed by atoms with Crippen LogP contribution in [0, 0.1) is 0 Å². The highest BCUT2D eigenvalue weighted by molar-refractivity contribution is 9.10. The van der Waals surface area contributed by atoms with Crippen molar-refractivity contribution in [2.24, 2.45) is 10.9 Å². The summed E-state index contributed by atoms with van der Waals surface area (Å²) in [7, 11) is 0. The molecule has 3 nitrogen and oxygen atoms in total. The van der Waals surface area contributed by atoms with Crippen LogP contribution in [0.3, 0.4) is 0 Å². The van der Waals surface area contributed by atoms with Crippen molar-refractivity contribution in [1.82, 2.24) is 0 Å². The van der Waals surface area contributed by atoms with Crippen molar-refractivity contribution < 1.29 is 5.21 Å². The van der Waals surface area contributed by atoms with Crippen LogP contribution < -0.4 is 5.73 Å². The minimum absolute atomic E-state index is 0.0719. The topological polar surface area (TPSA) is 58.6 Å². The Balaban J connectivity index is 3.07. The second-order valence-electron chi connectivity index (χ2n) is 1.72. The second-order valence-corrected chi connectivity index (χ2v) is 4.23. The number of nitrogens with two attached hydrogens (primary N) is 1. The van der Waals surface area contributed by atoms with Crippen molar-refractivity contribution in [3.05, 3.63) is 19.8 Å². The summed E-state index contributed by atoms with van der Waals surface area (Å²) in [6.07, 6.45) is 0. The van der Waals surface area contributed by atoms with E-state index in [1.165, 1.54) is 11.3 Å². The minimum atomic E-state index is 0.0719. The van der Waals surface area contributed by atoms with Gasteiger partial charge in [-0.3, -0.25) is 0 Å². The van der Waals surface area contributed by atoms with Gasteiger partial charge < -0.3 is 10.9 Å². The Morgan fingerprint density at radius 2 is 2.45 bits per heavy atom. The van der Waals surface area contributed by atoms with Crippen molar-refractivity contribution in [1.29, 1.82) is 0 Å². The van der Waals surface area contributed by atoms with Crippen LogP contribution >= 0.6 is 38.9 Å². The zero-order valence-electron chi connectivity index (χ0n) is 5.21. The van der Waals surface area contributed by atoms with Gasteiger partial charge in [0.1, 0.15) is 4.34 Å². The molecule has 60 valence electrons. The van der Waals surface area contributed by atoms with Gasteiger partial charge in [-0.15, -0.1) is 11.3 Å². The van der Waals surface area contributed by atoms with Gasteiger partial charge in [-0.2, -0.15) is 0 Å². The van der Waals surface area contributed by atoms with Gasteiger partial charge in [0.2, 0.25) is 0 Å². The Labute approximate surface area is 80.6 Å². The standard InChI is InChI=1S/C5H4BrClN2OS/c6-2-1-3(5(8)9-10)11-4(2)7/h1,10H,(H2,8,9). The molecule has 1 rings (SSSR count). The van der Waals surface area contributed by atoms with Crippen LogP contribution in [-0.4, -0.2) is 11.0 Å². The molecule has 1 aromatic heterocycles. The molecule has 0 saturated heterocycles. The number of nitrogens with zero attached hydrogens (tertiary/aromatic N) is 1. The zero-order chi connectivity index (χ0) is 8.43. The number of rotatable bonds is 1. The summed E-state index contributed by atoms with van der Waals surface area (Å²) in [6, 6.07) is 1.70. The highest BCUT2D eigenvalue weighted by atomic mass is 79.9. The predicted octanol–water partition coefficient (Wildman–Crippen LogP) is 2.26. The monoisotopic (exact) mass is 254 g/mol. The second kappa shape index (κ2) is 3.42. The molecular formula is C5H4BrClN2OS. The van der Waals surface area contributed by atoms with E-state index in [0.717, 1.165) is 4.47 Å². The van der Waals surface area contributed by atoms with E-state index in [1.807, 2.05) is 0 Å². The third-order valence-electron chi connectivity index (χ3n) is 1.01. The predicted molar refractivity (Wildman–Crippen MR) is 49.5 cm³/mol. The normalized spacial score (nSPS) is 12.0. The molecule has 0 bridgehead atoms. The smallest absolute Gasteiger partial charge is 0.180 e. The van der Waals surface area contributed by atoms with Gasteiger partial charge in [-0.05, 0) is 22.0 Å². The van der Waals surface area contributed by atoms with E-state index < -0.39 is 0 Å². The highest BCUT2D eigenvalue weighted by Crippen LogP contribution is 2.31. The van der Waals surface area contributed by atoms with Gasteiger partial charge in [0.05, 0.1) is 4.88 Å². The molecule has 0 amide bonds. The first kappa shape index (κ1) is 8.83. The van der Waals surface area contributed by atoms with Crippen molar-refractivity contribution in [3.8, 4) is 0 Å². The lowest BCUT2D eigenvalue weighted by atomic mass is 10.4. The molecule has 6 heteroatoms. The van der Waals surface area contributed by atoms with Crippen LogP contribution in [-0.2, 0) is 0 Å². The summed E-state index contributed by atoms with van der Waals surface area (Å²) in [5.74, 6) is 0.0719. The number of halogens is 2. The Morgan fingerprint density at radius 3 is 2.82 bits per heavy atom. The molecule has 0 fully saturated rings. The van der Waals surface area contributed by atoms with Crippen LogP contribution in [0.2, 0.25) is 4.34 Å². The van der Waals surface area contributed by atoms with E-state index in [2.05, 4.69) is 21.1 Å². The van der Waals surface area contributed by atoms with Gasteiger partial charge in [0, 0.05) is 4.47 Å². The first-order chi connectivity index (χ1) is 5.15. The third kappa shape index (κ3) is 1.85. The fourth-order valence-corrected chi connectivity index (χ4v) is 2.12. The minimum Gasteiger partial charge on any atom is -0.409 e. The van der Waals surface area contributed by atoms with Crippen molar-refractivity contribution in [2.75, 3.05) is 0 Å². The molecule has 1 heterocycles. The van der Waals surface area contributed by atoms with E-state index in [-0.39, 0.29) is 5.84 Å². The largest absolute Gasteiger partial charge is 0.409 e. The lowest BCUT2D eigenvalue weighted by molar-refractivity contribution is 0.319. The quantitative estimate of drug-likeness (QED) is 0.350. The van der Waals surface area contributed by atoms with Gasteiger partial charge in [0.15, 0.2) is 5.84 Å². The number of oxime groups is 1. The van der Waals surface area contributed by atoms with Crippen molar-refractivity contribution in [3.63, 3.8) is 0 Å². The Hall–Kier alpha value is -0.260. The maximum Gasteiger partial charge on any atom is 0.180 e. The van der Waals surface area contributed by atoms with Crippen molar-refractivity contribution in [2.45, 2.75) is 0 Å². The van der Waals surface area contributed by atoms with E-state index >= 15 is 0 Å². The molecular weight excluding hydrogens is 251 g/mol. The molecule has 3 N–H and O–H groups in total. The molecule has 0 aliphatic carbocycles. The lowest BCUT2D eigenvalue weighted by Gasteiger charge is -1.87. The summed E-state index contributed by atoms with van der Waals surface area (Å²) >= 11 is 10.2. The van der Waals surface area contributed by atoms with Crippen LogP contribution in [0.25, 0.3) is 0 Å². The van der Waals surface area contributed by atoms with E-state index in [0.29, 0.717) is 9.21 Å². The van der Waals surface area contributed by atoms with Gasteiger partial charge in [-0.1, -0.05) is 16.8 Å². The van der Waals surface area contributed by atoms with E-state index in [4.69, 9.17) is 22.5 Å². The summed E-state index contributed by atoms with van der Waals surface area (Å²) in [4.78, 5) is 0.643. The summed E-state index contributed by atoms with van der Waals surface area (Å²) in [5, 5.41) is 11.1. The van der Waals surface area contributed by atoms with E-state index in [9.17, 15) is 0 Å². The summed E-state index contributed by atoms with van der Waals surface area (Å²) in [5.41, 5.74) is 5.31. The molecule has 0 unspecified atom stereocenters. The maximum atomic E-state index is 8.30. The van der Waals surface area contributed by atoms with Gasteiger partial charge in [0.25, 0.3) is 0 Å². The number of hydrogen-bond acceptors (Lipinski definition) is 3. The zero-order valence-corrected chi connectivity index (χ0v) is 8.37. The third-order valence-corrected chi connectivity index (χ3v) is 3.50. The Kier molecular flexibility index (Phi) is 2.75. The SMILES string of the molecule is NC(=NO)c1cc(Br)c(Cl)s1. The molecule has 0 saturated carbocycles. The Bertz CT molecular complexity index is 279. The van der Waals surface area contributed by atoms with E-state index in [1.54, 1.807) is 6.07 Å². The molecule has 0 aliphatic rings. The van der Waals surface area contributed by atoms with Crippen molar-refractivity contribution >= 4 is 44.7 Å². The van der Waals surface area contributed by atoms with Crippen LogP contribution in [0.15, 0.2) is 15.7 Å². The first-order valence-corrected chi connectivity index (χ1v) is 4.56. The number of thiophene rings is 1. The molecule has 0 spiro atoms. The molecule has 1 aromatic rings. The number of amidine groups is 1. The maximum absolute atomic E-state index is 8.30. The fraction of sp³-hybridized carbons (Fsp3) is 0. The molecule has 0 aromatic carbocycles. The van der Waals surface area contributed by atoms with Gasteiger partial charge in [-0.25, -0.2) is 0 Å². The molecule has 0 atom stereocenters. The lowest BCUT2D eigenvalue weighted by Crippen LogP contribution is -2.10. The summed E-state index contributed by atoms with van der Waals surface area (Å²) < 4.78 is 1.34. The van der Waals surface area contributed by atoms with Crippen LogP contribution in [0.1, 0.15) is 4.88 Å². The fourth-order valence-electron chi connectivity index (χ4n) is 0.522. The molecule has 0 aliphatic heterocycles.